The molecule has 0 radical (unpaired) electrons. The smallest absolute Gasteiger partial charge is 0.233 e. The van der Waals surface area contributed by atoms with Crippen molar-refractivity contribution < 1.29 is 19.1 Å². The van der Waals surface area contributed by atoms with Gasteiger partial charge < -0.3 is 20.1 Å². The van der Waals surface area contributed by atoms with E-state index in [-0.39, 0.29) is 6.42 Å². The average molecular weight is 390 g/mol. The predicted molar refractivity (Wildman–Crippen MR) is 112 cm³/mol. The maximum atomic E-state index is 12.3. The van der Waals surface area contributed by atoms with Gasteiger partial charge >= 0.3 is 0 Å². The summed E-state index contributed by atoms with van der Waals surface area (Å²) in [5, 5.41) is 5.42. The predicted octanol–water partition coefficient (Wildman–Crippen LogP) is 4.84. The zero-order valence-electron chi connectivity index (χ0n) is 16.1. The van der Waals surface area contributed by atoms with E-state index in [4.69, 9.17) is 9.47 Å². The van der Waals surface area contributed by atoms with E-state index < -0.39 is 11.8 Å². The Morgan fingerprint density at radius 2 is 1.41 bits per heavy atom. The molecule has 0 saturated carbocycles. The second-order valence-electron chi connectivity index (χ2n) is 6.14. The average Bonchev–Trinajstić information content (AvgIpc) is 2.72. The quantitative estimate of drug-likeness (QED) is 0.539. The number of hydrogen-bond donors (Lipinski definition) is 2. The molecule has 29 heavy (non-hydrogen) atoms. The van der Waals surface area contributed by atoms with Crippen molar-refractivity contribution >= 4 is 23.2 Å². The van der Waals surface area contributed by atoms with Gasteiger partial charge in [0.1, 0.15) is 17.9 Å². The molecule has 0 unspecified atom stereocenters. The minimum absolute atomic E-state index is 0.313. The van der Waals surface area contributed by atoms with Crippen LogP contribution in [-0.4, -0.2) is 18.4 Å². The van der Waals surface area contributed by atoms with Crippen molar-refractivity contribution in [2.24, 2.45) is 0 Å². The van der Waals surface area contributed by atoms with Crippen molar-refractivity contribution in [2.75, 3.05) is 17.2 Å². The molecule has 6 nitrogen and oxygen atoms in total. The molecule has 0 heterocycles. The highest BCUT2D eigenvalue weighted by Gasteiger charge is 2.13. The van der Waals surface area contributed by atoms with E-state index >= 15 is 0 Å². The molecule has 3 aromatic rings. The SMILES string of the molecule is CCOc1ccc(NC(=O)CC(=O)Nc2ccccc2Oc2ccccc2)cc1. The molecular weight excluding hydrogens is 368 g/mol. The van der Waals surface area contributed by atoms with Crippen LogP contribution in [0.25, 0.3) is 0 Å². The third kappa shape index (κ3) is 6.10. The van der Waals surface area contributed by atoms with Gasteiger partial charge in [0.05, 0.1) is 12.3 Å². The fourth-order valence-electron chi connectivity index (χ4n) is 2.62. The van der Waals surface area contributed by atoms with E-state index in [0.29, 0.717) is 29.5 Å². The number of carbonyl (C=O) groups is 2. The molecule has 0 aliphatic rings. The molecule has 2 amide bonds. The van der Waals surface area contributed by atoms with E-state index in [1.807, 2.05) is 43.3 Å². The fraction of sp³-hybridized carbons (Fsp3) is 0.130. The maximum Gasteiger partial charge on any atom is 0.233 e. The highest BCUT2D eigenvalue weighted by atomic mass is 16.5. The Balaban J connectivity index is 1.57. The number of nitrogens with one attached hydrogen (secondary N) is 2. The summed E-state index contributed by atoms with van der Waals surface area (Å²) in [4.78, 5) is 24.5. The van der Waals surface area contributed by atoms with Crippen LogP contribution in [0.1, 0.15) is 13.3 Å². The number of ether oxygens (including phenoxy) is 2. The largest absolute Gasteiger partial charge is 0.494 e. The Kier molecular flexibility index (Phi) is 6.84. The van der Waals surface area contributed by atoms with Gasteiger partial charge in [-0.25, -0.2) is 0 Å². The molecule has 0 aliphatic heterocycles. The molecule has 0 fully saturated rings. The summed E-state index contributed by atoms with van der Waals surface area (Å²) >= 11 is 0. The molecule has 0 saturated heterocycles. The number of rotatable bonds is 8. The van der Waals surface area contributed by atoms with Crippen LogP contribution in [-0.2, 0) is 9.59 Å². The van der Waals surface area contributed by atoms with Gasteiger partial charge in [0, 0.05) is 5.69 Å². The van der Waals surface area contributed by atoms with Crippen LogP contribution in [0.2, 0.25) is 0 Å². The first-order valence-corrected chi connectivity index (χ1v) is 9.28. The number of carbonyl (C=O) groups excluding carboxylic acids is 2. The van der Waals surface area contributed by atoms with Gasteiger partial charge in [-0.1, -0.05) is 30.3 Å². The Bertz CT molecular complexity index is 956. The van der Waals surface area contributed by atoms with Crippen LogP contribution in [0.5, 0.6) is 17.2 Å². The summed E-state index contributed by atoms with van der Waals surface area (Å²) in [6, 6.07) is 23.3. The first-order chi connectivity index (χ1) is 14.1. The lowest BCUT2D eigenvalue weighted by atomic mass is 10.2. The minimum Gasteiger partial charge on any atom is -0.494 e. The van der Waals surface area contributed by atoms with Gasteiger partial charge in [0.25, 0.3) is 0 Å². The highest BCUT2D eigenvalue weighted by molar-refractivity contribution is 6.08. The van der Waals surface area contributed by atoms with Crippen LogP contribution in [0, 0.1) is 0 Å². The van der Waals surface area contributed by atoms with E-state index in [2.05, 4.69) is 10.6 Å². The number of anilines is 2. The molecule has 0 aliphatic carbocycles. The standard InChI is InChI=1S/C23H22N2O4/c1-2-28-18-14-12-17(13-15-18)24-22(26)16-23(27)25-20-10-6-7-11-21(20)29-19-8-4-3-5-9-19/h3-15H,2,16H2,1H3,(H,24,26)(H,25,27). The van der Waals surface area contributed by atoms with Crippen LogP contribution >= 0.6 is 0 Å². The maximum absolute atomic E-state index is 12.3. The van der Waals surface area contributed by atoms with E-state index in [1.165, 1.54) is 0 Å². The normalized spacial score (nSPS) is 10.1. The summed E-state index contributed by atoms with van der Waals surface area (Å²) in [5.74, 6) is 1.03. The lowest BCUT2D eigenvalue weighted by Gasteiger charge is -2.12. The van der Waals surface area contributed by atoms with E-state index in [1.54, 1.807) is 42.5 Å². The number of amides is 2. The molecule has 148 valence electrons. The van der Waals surface area contributed by atoms with Crippen LogP contribution < -0.4 is 20.1 Å². The summed E-state index contributed by atoms with van der Waals surface area (Å²) in [5.41, 5.74) is 1.09. The number of hydrogen-bond acceptors (Lipinski definition) is 4. The van der Waals surface area contributed by atoms with Crippen LogP contribution in [0.4, 0.5) is 11.4 Å². The molecule has 0 atom stereocenters. The van der Waals surface area contributed by atoms with Crippen molar-refractivity contribution in [3.05, 3.63) is 78.9 Å². The molecular formula is C23H22N2O4. The van der Waals surface area contributed by atoms with Crippen molar-refractivity contribution in [1.82, 2.24) is 0 Å². The van der Waals surface area contributed by atoms with Gasteiger partial charge in [-0.05, 0) is 55.5 Å². The zero-order chi connectivity index (χ0) is 20.5. The summed E-state index contributed by atoms with van der Waals surface area (Å²) in [7, 11) is 0. The molecule has 2 N–H and O–H groups in total. The Morgan fingerprint density at radius 3 is 2.14 bits per heavy atom. The third-order valence-electron chi connectivity index (χ3n) is 3.90. The first-order valence-electron chi connectivity index (χ1n) is 9.28. The first kappa shape index (κ1) is 19.9. The second kappa shape index (κ2) is 9.94. The molecule has 0 bridgehead atoms. The van der Waals surface area contributed by atoms with E-state index in [9.17, 15) is 9.59 Å². The molecule has 3 aromatic carbocycles. The van der Waals surface area contributed by atoms with Crippen molar-refractivity contribution in [2.45, 2.75) is 13.3 Å². The fourth-order valence-corrected chi connectivity index (χ4v) is 2.62. The molecule has 6 heteroatoms. The van der Waals surface area contributed by atoms with Gasteiger partial charge in [-0.15, -0.1) is 0 Å². The topological polar surface area (TPSA) is 76.7 Å². The van der Waals surface area contributed by atoms with Gasteiger partial charge in [-0.3, -0.25) is 9.59 Å². The van der Waals surface area contributed by atoms with Gasteiger partial charge in [0.2, 0.25) is 11.8 Å². The van der Waals surface area contributed by atoms with Gasteiger partial charge in [-0.2, -0.15) is 0 Å². The molecule has 0 aromatic heterocycles. The molecule has 0 spiro atoms. The highest BCUT2D eigenvalue weighted by Crippen LogP contribution is 2.29. The monoisotopic (exact) mass is 390 g/mol. The van der Waals surface area contributed by atoms with Crippen molar-refractivity contribution in [3.63, 3.8) is 0 Å². The lowest BCUT2D eigenvalue weighted by Crippen LogP contribution is -2.21. The summed E-state index contributed by atoms with van der Waals surface area (Å²) in [6.07, 6.45) is -0.313. The van der Waals surface area contributed by atoms with Crippen molar-refractivity contribution in [3.8, 4) is 17.2 Å². The third-order valence-corrected chi connectivity index (χ3v) is 3.90. The number of benzene rings is 3. The Labute approximate surface area is 169 Å². The van der Waals surface area contributed by atoms with Crippen molar-refractivity contribution in [1.29, 1.82) is 0 Å². The van der Waals surface area contributed by atoms with E-state index in [0.717, 1.165) is 5.75 Å². The Hall–Kier alpha value is -3.80. The summed E-state index contributed by atoms with van der Waals surface area (Å²) < 4.78 is 11.2. The van der Waals surface area contributed by atoms with Gasteiger partial charge in [0.15, 0.2) is 5.75 Å². The summed E-state index contributed by atoms with van der Waals surface area (Å²) in [6.45, 7) is 2.47. The minimum atomic E-state index is -0.433. The number of para-hydroxylation sites is 3. The van der Waals surface area contributed by atoms with Crippen LogP contribution in [0.15, 0.2) is 78.9 Å². The lowest BCUT2D eigenvalue weighted by molar-refractivity contribution is -0.123. The van der Waals surface area contributed by atoms with Crippen LogP contribution in [0.3, 0.4) is 0 Å². The second-order valence-corrected chi connectivity index (χ2v) is 6.14. The molecule has 3 rings (SSSR count). The Morgan fingerprint density at radius 1 is 0.759 bits per heavy atom. The zero-order valence-corrected chi connectivity index (χ0v) is 16.1.